The summed E-state index contributed by atoms with van der Waals surface area (Å²) in [6.45, 7) is 1.59. The van der Waals surface area contributed by atoms with Gasteiger partial charge in [-0.25, -0.2) is 9.82 Å². The van der Waals surface area contributed by atoms with Crippen molar-refractivity contribution >= 4 is 0 Å². The number of fused-ring (bicyclic) bond motifs is 1. The van der Waals surface area contributed by atoms with Crippen LogP contribution >= 0.6 is 0 Å². The van der Waals surface area contributed by atoms with Crippen molar-refractivity contribution in [2.45, 2.75) is 75.5 Å². The van der Waals surface area contributed by atoms with E-state index < -0.39 is 24.9 Å². The molecule has 0 spiro atoms. The second-order valence-electron chi connectivity index (χ2n) is 8.66. The van der Waals surface area contributed by atoms with Gasteiger partial charge in [-0.2, -0.15) is 13.2 Å². The number of halogens is 4. The number of nitrogens with one attached hydrogen (secondary N) is 1. The van der Waals surface area contributed by atoms with Gasteiger partial charge in [0.1, 0.15) is 6.17 Å². The lowest BCUT2D eigenvalue weighted by Gasteiger charge is -2.36. The van der Waals surface area contributed by atoms with Crippen LogP contribution in [0.3, 0.4) is 0 Å². The van der Waals surface area contributed by atoms with Gasteiger partial charge in [-0.05, 0) is 50.0 Å². The number of piperazine rings is 1. The zero-order valence-corrected chi connectivity index (χ0v) is 16.8. The number of nitrogens with zero attached hydrogens (tertiary/aromatic N) is 2. The third-order valence-corrected chi connectivity index (χ3v) is 6.40. The van der Waals surface area contributed by atoms with E-state index in [1.165, 1.54) is 0 Å². The number of rotatable bonds is 7. The van der Waals surface area contributed by atoms with E-state index in [1.54, 1.807) is 0 Å². The van der Waals surface area contributed by atoms with Crippen LogP contribution in [0.4, 0.5) is 17.6 Å². The molecule has 10 heteroatoms. The molecule has 1 saturated heterocycles. The highest BCUT2D eigenvalue weighted by molar-refractivity contribution is 5.31. The number of hydrogen-bond donors (Lipinski definition) is 4. The van der Waals surface area contributed by atoms with Crippen molar-refractivity contribution < 1.29 is 17.6 Å². The quantitative estimate of drug-likeness (QED) is 0.368. The molecule has 29 heavy (non-hydrogen) atoms. The molecule has 168 valence electrons. The average molecular weight is 423 g/mol. The van der Waals surface area contributed by atoms with Crippen molar-refractivity contribution in [2.24, 2.45) is 23.1 Å². The van der Waals surface area contributed by atoms with Crippen LogP contribution in [0.1, 0.15) is 44.9 Å². The molecule has 0 radical (unpaired) electrons. The van der Waals surface area contributed by atoms with Gasteiger partial charge in [0.15, 0.2) is 0 Å². The Hall–Kier alpha value is -0.940. The molecular formula is C19H34F4N6. The van der Waals surface area contributed by atoms with Gasteiger partial charge in [0.25, 0.3) is 0 Å². The standard InChI is InChI=1S/C19H34F4N6/c20-13-3-1-12(2-4-13)18-17(14(24)5-6-16(25)26)15-11-28(8-7-19(21,22)23)9-10-29(15)27-18/h12-14,16,18,27H,1-11,24-26H2. The van der Waals surface area contributed by atoms with Crippen molar-refractivity contribution in [1.82, 2.24) is 15.3 Å². The molecule has 0 aromatic rings. The van der Waals surface area contributed by atoms with E-state index in [-0.39, 0.29) is 24.5 Å². The Balaban J connectivity index is 1.77. The van der Waals surface area contributed by atoms with Crippen molar-refractivity contribution in [2.75, 3.05) is 26.2 Å². The fraction of sp³-hybridized carbons (Fsp3) is 0.895. The van der Waals surface area contributed by atoms with Gasteiger partial charge < -0.3 is 22.2 Å². The molecule has 3 aliphatic rings. The van der Waals surface area contributed by atoms with Crippen LogP contribution in [0.25, 0.3) is 0 Å². The van der Waals surface area contributed by atoms with Crippen LogP contribution < -0.4 is 22.6 Å². The predicted molar refractivity (Wildman–Crippen MR) is 104 cm³/mol. The third kappa shape index (κ3) is 6.04. The summed E-state index contributed by atoms with van der Waals surface area (Å²) in [5, 5.41) is 2.05. The molecule has 2 fully saturated rings. The molecule has 0 amide bonds. The first kappa shape index (κ1) is 22.7. The van der Waals surface area contributed by atoms with E-state index in [0.717, 1.165) is 24.1 Å². The van der Waals surface area contributed by atoms with E-state index in [1.807, 2.05) is 9.91 Å². The zero-order chi connectivity index (χ0) is 21.2. The maximum atomic E-state index is 13.6. The third-order valence-electron chi connectivity index (χ3n) is 6.40. The van der Waals surface area contributed by atoms with Crippen LogP contribution in [0.2, 0.25) is 0 Å². The second kappa shape index (κ2) is 9.47. The summed E-state index contributed by atoms with van der Waals surface area (Å²) >= 11 is 0. The number of alkyl halides is 4. The molecule has 7 N–H and O–H groups in total. The Morgan fingerprint density at radius 2 is 1.72 bits per heavy atom. The maximum Gasteiger partial charge on any atom is 0.390 e. The molecule has 0 bridgehead atoms. The zero-order valence-electron chi connectivity index (χ0n) is 16.8. The topological polar surface area (TPSA) is 96.6 Å². The van der Waals surface area contributed by atoms with Crippen LogP contribution in [-0.2, 0) is 0 Å². The fourth-order valence-electron chi connectivity index (χ4n) is 4.78. The molecule has 3 rings (SSSR count). The molecule has 2 heterocycles. The van der Waals surface area contributed by atoms with Gasteiger partial charge in [0, 0.05) is 37.9 Å². The van der Waals surface area contributed by atoms with Gasteiger partial charge in [0.2, 0.25) is 0 Å². The Morgan fingerprint density at radius 1 is 1.03 bits per heavy atom. The van der Waals surface area contributed by atoms with E-state index in [9.17, 15) is 17.6 Å². The van der Waals surface area contributed by atoms with Crippen LogP contribution in [0, 0.1) is 5.92 Å². The minimum absolute atomic E-state index is 0.00376. The number of hydrogen-bond acceptors (Lipinski definition) is 6. The molecule has 1 aliphatic carbocycles. The number of nitrogens with two attached hydrogens (primary N) is 3. The van der Waals surface area contributed by atoms with Crippen LogP contribution in [-0.4, -0.2) is 66.7 Å². The molecule has 2 atom stereocenters. The van der Waals surface area contributed by atoms with Crippen molar-refractivity contribution in [3.63, 3.8) is 0 Å². The summed E-state index contributed by atoms with van der Waals surface area (Å²) < 4.78 is 51.6. The van der Waals surface area contributed by atoms with Crippen LogP contribution in [0.15, 0.2) is 11.3 Å². The smallest absolute Gasteiger partial charge is 0.324 e. The van der Waals surface area contributed by atoms with E-state index >= 15 is 0 Å². The van der Waals surface area contributed by atoms with Crippen LogP contribution in [0.5, 0.6) is 0 Å². The van der Waals surface area contributed by atoms with Gasteiger partial charge in [-0.3, -0.25) is 4.90 Å². The minimum Gasteiger partial charge on any atom is -0.324 e. The summed E-state index contributed by atoms with van der Waals surface area (Å²) in [4.78, 5) is 1.84. The Kier molecular flexibility index (Phi) is 7.42. The first-order valence-electron chi connectivity index (χ1n) is 10.6. The molecular weight excluding hydrogens is 388 g/mol. The molecule has 2 aliphatic heterocycles. The highest BCUT2D eigenvalue weighted by Gasteiger charge is 2.42. The largest absolute Gasteiger partial charge is 0.390 e. The second-order valence-corrected chi connectivity index (χ2v) is 8.66. The van der Waals surface area contributed by atoms with E-state index in [0.29, 0.717) is 45.3 Å². The Bertz CT molecular complexity index is 574. The summed E-state index contributed by atoms with van der Waals surface area (Å²) in [5.41, 5.74) is 23.5. The lowest BCUT2D eigenvalue weighted by atomic mass is 9.78. The Labute approximate surface area is 169 Å². The highest BCUT2D eigenvalue weighted by Crippen LogP contribution is 2.38. The summed E-state index contributed by atoms with van der Waals surface area (Å²) in [6, 6.07) is -0.267. The van der Waals surface area contributed by atoms with Gasteiger partial charge >= 0.3 is 6.18 Å². The summed E-state index contributed by atoms with van der Waals surface area (Å²) in [5.74, 6) is 0.274. The van der Waals surface area contributed by atoms with Gasteiger partial charge in [-0.1, -0.05) is 0 Å². The monoisotopic (exact) mass is 422 g/mol. The van der Waals surface area contributed by atoms with Crippen molar-refractivity contribution in [3.8, 4) is 0 Å². The summed E-state index contributed by atoms with van der Waals surface area (Å²) in [6.07, 6.45) is -2.33. The first-order valence-corrected chi connectivity index (χ1v) is 10.6. The first-order chi connectivity index (χ1) is 13.6. The van der Waals surface area contributed by atoms with Gasteiger partial charge in [-0.15, -0.1) is 0 Å². The lowest BCUT2D eigenvalue weighted by Crippen LogP contribution is -2.50. The molecule has 2 unspecified atom stereocenters. The molecule has 1 saturated carbocycles. The molecule has 0 aromatic heterocycles. The van der Waals surface area contributed by atoms with E-state index in [4.69, 9.17) is 17.2 Å². The molecule has 0 aromatic carbocycles. The molecule has 6 nitrogen and oxygen atoms in total. The van der Waals surface area contributed by atoms with Crippen molar-refractivity contribution in [3.05, 3.63) is 11.3 Å². The lowest BCUT2D eigenvalue weighted by molar-refractivity contribution is -0.138. The van der Waals surface area contributed by atoms with Crippen molar-refractivity contribution in [1.29, 1.82) is 0 Å². The maximum absolute atomic E-state index is 13.6. The Morgan fingerprint density at radius 3 is 2.34 bits per heavy atom. The predicted octanol–water partition coefficient (Wildman–Crippen LogP) is 1.58. The minimum atomic E-state index is -4.16. The fourth-order valence-corrected chi connectivity index (χ4v) is 4.78. The van der Waals surface area contributed by atoms with E-state index in [2.05, 4.69) is 5.43 Å². The average Bonchev–Trinajstić information content (AvgIpc) is 3.03. The normalized spacial score (nSPS) is 30.2. The van der Waals surface area contributed by atoms with Gasteiger partial charge in [0.05, 0.1) is 18.6 Å². The highest BCUT2D eigenvalue weighted by atomic mass is 19.4. The number of hydrazine groups is 1. The summed E-state index contributed by atoms with van der Waals surface area (Å²) in [7, 11) is 0. The SMILES string of the molecule is NC(N)CCC(N)C1=C2CN(CCC(F)(F)F)CCN2NC1C1CCC(F)CC1.